The Balaban J connectivity index is 1.73. The van der Waals surface area contributed by atoms with Gasteiger partial charge >= 0.3 is 6.03 Å². The van der Waals surface area contributed by atoms with Gasteiger partial charge in [0.15, 0.2) is 0 Å². The Kier molecular flexibility index (Phi) is 5.61. The summed E-state index contributed by atoms with van der Waals surface area (Å²) in [4.78, 5) is 39.1. The summed E-state index contributed by atoms with van der Waals surface area (Å²) in [6.07, 6.45) is 3.03. The van der Waals surface area contributed by atoms with E-state index in [0.717, 1.165) is 23.3 Å². The van der Waals surface area contributed by atoms with Crippen LogP contribution in [-0.4, -0.2) is 41.9 Å². The molecule has 1 aliphatic heterocycles. The highest BCUT2D eigenvalue weighted by atomic mass is 16.5. The van der Waals surface area contributed by atoms with Crippen LogP contribution in [0.4, 0.5) is 10.5 Å². The van der Waals surface area contributed by atoms with E-state index >= 15 is 0 Å². The maximum atomic E-state index is 12.9. The lowest BCUT2D eigenvalue weighted by Crippen LogP contribution is -2.49. The minimum Gasteiger partial charge on any atom is -0.495 e. The van der Waals surface area contributed by atoms with Crippen molar-refractivity contribution in [2.75, 3.05) is 19.0 Å². The van der Waals surface area contributed by atoms with Crippen molar-refractivity contribution in [3.05, 3.63) is 23.8 Å². The molecule has 1 aromatic carbocycles. The molecule has 0 radical (unpaired) electrons. The van der Waals surface area contributed by atoms with Crippen molar-refractivity contribution < 1.29 is 19.1 Å². The smallest absolute Gasteiger partial charge is 0.325 e. The number of amides is 4. The number of benzene rings is 1. The van der Waals surface area contributed by atoms with Gasteiger partial charge in [-0.25, -0.2) is 4.79 Å². The van der Waals surface area contributed by atoms with Gasteiger partial charge in [0.1, 0.15) is 17.8 Å². The zero-order chi connectivity index (χ0) is 21.4. The fraction of sp³-hybridized carbons (Fsp3) is 0.591. The van der Waals surface area contributed by atoms with Crippen LogP contribution in [0, 0.1) is 5.92 Å². The number of nitrogens with zero attached hydrogens (tertiary/aromatic N) is 1. The number of anilines is 1. The largest absolute Gasteiger partial charge is 0.495 e. The summed E-state index contributed by atoms with van der Waals surface area (Å²) >= 11 is 0. The molecule has 7 heteroatoms. The van der Waals surface area contributed by atoms with Crippen molar-refractivity contribution in [3.63, 3.8) is 0 Å². The number of urea groups is 1. The molecule has 1 saturated heterocycles. The number of imide groups is 1. The highest BCUT2D eigenvalue weighted by Gasteiger charge is 2.52. The third-order valence-corrected chi connectivity index (χ3v) is 6.02. The molecule has 1 saturated carbocycles. The van der Waals surface area contributed by atoms with E-state index in [4.69, 9.17) is 4.74 Å². The van der Waals surface area contributed by atoms with E-state index in [1.807, 2.05) is 18.2 Å². The van der Waals surface area contributed by atoms with E-state index < -0.39 is 17.5 Å². The first-order chi connectivity index (χ1) is 13.6. The zero-order valence-electron chi connectivity index (χ0n) is 17.9. The van der Waals surface area contributed by atoms with E-state index in [-0.39, 0.29) is 17.9 Å². The Hall–Kier alpha value is -2.57. The van der Waals surface area contributed by atoms with Crippen LogP contribution in [0.3, 0.4) is 0 Å². The Morgan fingerprint density at radius 1 is 1.28 bits per heavy atom. The maximum Gasteiger partial charge on any atom is 0.325 e. The fourth-order valence-corrected chi connectivity index (χ4v) is 4.02. The average molecular weight is 402 g/mol. The first kappa shape index (κ1) is 21.1. The second-order valence-corrected chi connectivity index (χ2v) is 9.30. The predicted molar refractivity (Wildman–Crippen MR) is 111 cm³/mol. The summed E-state index contributed by atoms with van der Waals surface area (Å²) in [6, 6.07) is 5.14. The number of ether oxygens (including phenoxy) is 1. The summed E-state index contributed by atoms with van der Waals surface area (Å²) in [5.41, 5.74) is 0.631. The van der Waals surface area contributed by atoms with Crippen LogP contribution in [0.1, 0.15) is 58.9 Å². The summed E-state index contributed by atoms with van der Waals surface area (Å²) in [5.74, 6) is 0.352. The molecule has 0 unspecified atom stereocenters. The molecule has 7 nitrogen and oxygen atoms in total. The quantitative estimate of drug-likeness (QED) is 0.757. The number of methoxy groups -OCH3 is 1. The van der Waals surface area contributed by atoms with Crippen LogP contribution in [-0.2, 0) is 15.0 Å². The third-order valence-electron chi connectivity index (χ3n) is 6.02. The summed E-state index contributed by atoms with van der Waals surface area (Å²) in [5, 5.41) is 5.65. The van der Waals surface area contributed by atoms with E-state index in [1.54, 1.807) is 0 Å². The van der Waals surface area contributed by atoms with E-state index in [1.165, 1.54) is 7.11 Å². The highest BCUT2D eigenvalue weighted by molar-refractivity contribution is 6.10. The molecule has 158 valence electrons. The molecule has 2 aliphatic rings. The number of hydrogen-bond donors (Lipinski definition) is 2. The zero-order valence-corrected chi connectivity index (χ0v) is 17.9. The van der Waals surface area contributed by atoms with Gasteiger partial charge < -0.3 is 15.4 Å². The molecule has 0 bridgehead atoms. The molecule has 3 rings (SSSR count). The van der Waals surface area contributed by atoms with Crippen LogP contribution in [0.2, 0.25) is 0 Å². The van der Waals surface area contributed by atoms with Crippen LogP contribution < -0.4 is 15.4 Å². The van der Waals surface area contributed by atoms with Crippen LogP contribution >= 0.6 is 0 Å². The lowest BCUT2D eigenvalue weighted by atomic mass is 9.77. The first-order valence-corrected chi connectivity index (χ1v) is 10.2. The number of carbonyl (C=O) groups is 3. The molecular formula is C22H31N3O4. The Morgan fingerprint density at radius 3 is 2.52 bits per heavy atom. The standard InChI is InChI=1S/C22H31N3O4/c1-14-8-10-22(11-9-14)19(27)25(20(28)24-22)13-18(26)23-16-12-15(21(2,3)4)6-7-17(16)29-5/h6-7,12,14H,8-11,13H2,1-5H3,(H,23,26)(H,24,28). The van der Waals surface area contributed by atoms with Gasteiger partial charge in [-0.05, 0) is 54.7 Å². The first-order valence-electron chi connectivity index (χ1n) is 10.2. The molecular weight excluding hydrogens is 370 g/mol. The molecule has 4 amide bonds. The van der Waals surface area contributed by atoms with Crippen molar-refractivity contribution in [2.24, 2.45) is 5.92 Å². The van der Waals surface area contributed by atoms with Gasteiger partial charge in [-0.2, -0.15) is 0 Å². The molecule has 1 aromatic rings. The van der Waals surface area contributed by atoms with Gasteiger partial charge in [-0.15, -0.1) is 0 Å². The minimum absolute atomic E-state index is 0.0962. The van der Waals surface area contributed by atoms with Crippen molar-refractivity contribution in [3.8, 4) is 5.75 Å². The SMILES string of the molecule is COc1ccc(C(C)(C)C)cc1NC(=O)CN1C(=O)NC2(CCC(C)CC2)C1=O. The lowest BCUT2D eigenvalue weighted by molar-refractivity contribution is -0.135. The molecule has 0 atom stereocenters. The Bertz CT molecular complexity index is 820. The molecule has 29 heavy (non-hydrogen) atoms. The van der Waals surface area contributed by atoms with Gasteiger partial charge in [0.25, 0.3) is 5.91 Å². The minimum atomic E-state index is -0.840. The van der Waals surface area contributed by atoms with Crippen LogP contribution in [0.5, 0.6) is 5.75 Å². The van der Waals surface area contributed by atoms with Crippen LogP contribution in [0.15, 0.2) is 18.2 Å². The van der Waals surface area contributed by atoms with E-state index in [2.05, 4.69) is 38.3 Å². The van der Waals surface area contributed by atoms with Gasteiger partial charge in [-0.3, -0.25) is 14.5 Å². The monoisotopic (exact) mass is 401 g/mol. The molecule has 0 aromatic heterocycles. The highest BCUT2D eigenvalue weighted by Crippen LogP contribution is 2.36. The van der Waals surface area contributed by atoms with Crippen molar-refractivity contribution >= 4 is 23.5 Å². The third kappa shape index (κ3) is 4.23. The second-order valence-electron chi connectivity index (χ2n) is 9.30. The molecule has 1 spiro atoms. The van der Waals surface area contributed by atoms with Crippen molar-refractivity contribution in [2.45, 2.75) is 64.3 Å². The summed E-state index contributed by atoms with van der Waals surface area (Å²) in [6.45, 7) is 8.08. The van der Waals surface area contributed by atoms with Gasteiger partial charge in [0, 0.05) is 0 Å². The van der Waals surface area contributed by atoms with E-state index in [0.29, 0.717) is 30.2 Å². The van der Waals surface area contributed by atoms with Gasteiger partial charge in [0.05, 0.1) is 12.8 Å². The molecule has 2 N–H and O–H groups in total. The topological polar surface area (TPSA) is 87.7 Å². The normalized spacial score (nSPS) is 24.6. The maximum absolute atomic E-state index is 12.9. The number of nitrogens with one attached hydrogen (secondary N) is 2. The van der Waals surface area contributed by atoms with Crippen molar-refractivity contribution in [1.82, 2.24) is 10.2 Å². The molecule has 1 aliphatic carbocycles. The summed E-state index contributed by atoms with van der Waals surface area (Å²) in [7, 11) is 1.53. The Labute approximate surface area is 172 Å². The fourth-order valence-electron chi connectivity index (χ4n) is 4.02. The Morgan fingerprint density at radius 2 is 1.93 bits per heavy atom. The summed E-state index contributed by atoms with van der Waals surface area (Å²) < 4.78 is 5.35. The second kappa shape index (κ2) is 7.69. The van der Waals surface area contributed by atoms with Crippen molar-refractivity contribution in [1.29, 1.82) is 0 Å². The average Bonchev–Trinajstić information content (AvgIpc) is 2.88. The van der Waals surface area contributed by atoms with Gasteiger partial charge in [0.2, 0.25) is 5.91 Å². The number of rotatable bonds is 4. The number of hydrogen-bond acceptors (Lipinski definition) is 4. The van der Waals surface area contributed by atoms with E-state index in [9.17, 15) is 14.4 Å². The van der Waals surface area contributed by atoms with Crippen LogP contribution in [0.25, 0.3) is 0 Å². The molecule has 2 fully saturated rings. The predicted octanol–water partition coefficient (Wildman–Crippen LogP) is 3.43. The molecule has 1 heterocycles. The number of carbonyl (C=O) groups excluding carboxylic acids is 3. The lowest BCUT2D eigenvalue weighted by Gasteiger charge is -2.33. The van der Waals surface area contributed by atoms with Gasteiger partial charge in [-0.1, -0.05) is 33.8 Å².